The van der Waals surface area contributed by atoms with Crippen LogP contribution in [0.15, 0.2) is 12.1 Å². The van der Waals surface area contributed by atoms with Gasteiger partial charge >= 0.3 is 0 Å². The first-order chi connectivity index (χ1) is 6.96. The van der Waals surface area contributed by atoms with Crippen LogP contribution >= 0.6 is 11.6 Å². The molecule has 0 saturated heterocycles. The first-order valence-corrected chi connectivity index (χ1v) is 4.90. The second-order valence-electron chi connectivity index (χ2n) is 3.68. The Morgan fingerprint density at radius 3 is 2.73 bits per heavy atom. The summed E-state index contributed by atoms with van der Waals surface area (Å²) in [5, 5.41) is 3.13. The Balaban J connectivity index is 2.03. The van der Waals surface area contributed by atoms with E-state index in [0.717, 1.165) is 0 Å². The Bertz CT molecular complexity index is 376. The number of anilines is 2. The van der Waals surface area contributed by atoms with Gasteiger partial charge in [0.15, 0.2) is 5.82 Å². The molecule has 0 aromatic carbocycles. The lowest BCUT2D eigenvalue weighted by atomic mass is 9.88. The molecule has 0 bridgehead atoms. The molecule has 1 aliphatic carbocycles. The van der Waals surface area contributed by atoms with Crippen LogP contribution in [0.1, 0.15) is 12.8 Å². The minimum Gasteiger partial charge on any atom is -0.396 e. The first-order valence-electron chi connectivity index (χ1n) is 4.53. The summed E-state index contributed by atoms with van der Waals surface area (Å²) in [6.07, 6.45) is -0.360. The molecule has 0 atom stereocenters. The van der Waals surface area contributed by atoms with Crippen molar-refractivity contribution < 1.29 is 8.78 Å². The highest BCUT2D eigenvalue weighted by atomic mass is 35.5. The summed E-state index contributed by atoms with van der Waals surface area (Å²) in [5.41, 5.74) is 6.02. The number of nitrogens with zero attached hydrogens (tertiary/aromatic N) is 1. The Hall–Kier alpha value is -1.10. The Labute approximate surface area is 90.6 Å². The molecule has 1 aliphatic rings. The van der Waals surface area contributed by atoms with Gasteiger partial charge in [-0.2, -0.15) is 0 Å². The average Bonchev–Trinajstić information content (AvgIpc) is 2.08. The molecule has 0 unspecified atom stereocenters. The smallest absolute Gasteiger partial charge is 0.252 e. The molecule has 0 spiro atoms. The maximum atomic E-state index is 12.6. The summed E-state index contributed by atoms with van der Waals surface area (Å²) in [5.74, 6) is -2.17. The van der Waals surface area contributed by atoms with E-state index in [4.69, 9.17) is 17.3 Å². The molecule has 82 valence electrons. The zero-order chi connectivity index (χ0) is 11.1. The van der Waals surface area contributed by atoms with Gasteiger partial charge in [-0.25, -0.2) is 13.8 Å². The lowest BCUT2D eigenvalue weighted by Crippen LogP contribution is -2.44. The van der Waals surface area contributed by atoms with Crippen molar-refractivity contribution in [3.05, 3.63) is 17.3 Å². The second-order valence-corrected chi connectivity index (χ2v) is 4.06. The molecule has 1 heterocycles. The maximum absolute atomic E-state index is 12.6. The second kappa shape index (κ2) is 3.48. The molecule has 0 amide bonds. The zero-order valence-electron chi connectivity index (χ0n) is 7.80. The molecule has 15 heavy (non-hydrogen) atoms. The van der Waals surface area contributed by atoms with Crippen LogP contribution in [-0.2, 0) is 0 Å². The maximum Gasteiger partial charge on any atom is 0.252 e. The summed E-state index contributed by atoms with van der Waals surface area (Å²) < 4.78 is 25.1. The number of pyridine rings is 1. The highest BCUT2D eigenvalue weighted by Gasteiger charge is 2.45. The van der Waals surface area contributed by atoms with Gasteiger partial charge in [-0.05, 0) is 12.1 Å². The predicted octanol–water partition coefficient (Wildman–Crippen LogP) is 2.53. The molecule has 0 radical (unpaired) electrons. The third kappa shape index (κ3) is 2.28. The third-order valence-corrected chi connectivity index (χ3v) is 2.53. The minimum absolute atomic E-state index is 0.180. The van der Waals surface area contributed by atoms with Crippen LogP contribution in [0.3, 0.4) is 0 Å². The SMILES string of the molecule is Nc1ccc(Cl)nc1NC1CC(F)(F)C1. The van der Waals surface area contributed by atoms with E-state index in [1.54, 1.807) is 12.1 Å². The lowest BCUT2D eigenvalue weighted by Gasteiger charge is -2.35. The normalized spacial score (nSPS) is 19.7. The van der Waals surface area contributed by atoms with Crippen LogP contribution in [0.4, 0.5) is 20.3 Å². The van der Waals surface area contributed by atoms with Crippen molar-refractivity contribution in [2.45, 2.75) is 24.8 Å². The van der Waals surface area contributed by atoms with Gasteiger partial charge in [0.1, 0.15) is 5.15 Å². The van der Waals surface area contributed by atoms with E-state index in [1.807, 2.05) is 0 Å². The molecule has 3 N–H and O–H groups in total. The predicted molar refractivity (Wildman–Crippen MR) is 55.3 cm³/mol. The van der Waals surface area contributed by atoms with E-state index in [9.17, 15) is 8.78 Å². The first kappa shape index (κ1) is 10.4. The van der Waals surface area contributed by atoms with Crippen molar-refractivity contribution in [1.29, 1.82) is 0 Å². The van der Waals surface area contributed by atoms with E-state index in [2.05, 4.69) is 10.3 Å². The van der Waals surface area contributed by atoms with Crippen LogP contribution in [-0.4, -0.2) is 16.9 Å². The number of hydrogen-bond donors (Lipinski definition) is 2. The fourth-order valence-electron chi connectivity index (χ4n) is 1.52. The van der Waals surface area contributed by atoms with Crippen LogP contribution in [0, 0.1) is 0 Å². The Morgan fingerprint density at radius 2 is 2.13 bits per heavy atom. The van der Waals surface area contributed by atoms with E-state index < -0.39 is 5.92 Å². The molecule has 2 rings (SSSR count). The summed E-state index contributed by atoms with van der Waals surface area (Å²) in [7, 11) is 0. The summed E-state index contributed by atoms with van der Waals surface area (Å²) in [4.78, 5) is 3.93. The molecule has 0 aliphatic heterocycles. The number of hydrogen-bond acceptors (Lipinski definition) is 3. The summed E-state index contributed by atoms with van der Waals surface area (Å²) in [6.45, 7) is 0. The quantitative estimate of drug-likeness (QED) is 0.772. The number of nitrogen functional groups attached to an aromatic ring is 1. The standard InChI is InChI=1S/C9H10ClF2N3/c10-7-2-1-6(13)8(15-7)14-5-3-9(11,12)4-5/h1-2,5H,3-4,13H2,(H,14,15). The molecular formula is C9H10ClF2N3. The van der Waals surface area contributed by atoms with Crippen molar-refractivity contribution in [2.75, 3.05) is 11.1 Å². The van der Waals surface area contributed by atoms with Crippen molar-refractivity contribution in [3.63, 3.8) is 0 Å². The van der Waals surface area contributed by atoms with Gasteiger partial charge < -0.3 is 11.1 Å². The largest absolute Gasteiger partial charge is 0.396 e. The molecule has 1 aromatic rings. The Kier molecular flexibility index (Phi) is 2.42. The van der Waals surface area contributed by atoms with Gasteiger partial charge in [0.2, 0.25) is 0 Å². The lowest BCUT2D eigenvalue weighted by molar-refractivity contribution is -0.0793. The van der Waals surface area contributed by atoms with E-state index in [0.29, 0.717) is 11.5 Å². The number of aromatic nitrogens is 1. The molecule has 1 fully saturated rings. The van der Waals surface area contributed by atoms with Gasteiger partial charge in [-0.3, -0.25) is 0 Å². The monoisotopic (exact) mass is 233 g/mol. The molecule has 1 aromatic heterocycles. The van der Waals surface area contributed by atoms with Crippen molar-refractivity contribution in [3.8, 4) is 0 Å². The fourth-order valence-corrected chi connectivity index (χ4v) is 1.67. The van der Waals surface area contributed by atoms with E-state index in [-0.39, 0.29) is 24.0 Å². The van der Waals surface area contributed by atoms with Crippen LogP contribution in [0.5, 0.6) is 0 Å². The number of nitrogens with two attached hydrogens (primary N) is 1. The van der Waals surface area contributed by atoms with Crippen LogP contribution in [0.2, 0.25) is 5.15 Å². The molecule has 6 heteroatoms. The number of alkyl halides is 2. The van der Waals surface area contributed by atoms with Crippen molar-refractivity contribution >= 4 is 23.1 Å². The van der Waals surface area contributed by atoms with E-state index in [1.165, 1.54) is 0 Å². The third-order valence-electron chi connectivity index (χ3n) is 2.32. The van der Waals surface area contributed by atoms with Crippen molar-refractivity contribution in [1.82, 2.24) is 4.98 Å². The van der Waals surface area contributed by atoms with Crippen LogP contribution < -0.4 is 11.1 Å². The Morgan fingerprint density at radius 1 is 1.47 bits per heavy atom. The topological polar surface area (TPSA) is 50.9 Å². The highest BCUT2D eigenvalue weighted by molar-refractivity contribution is 6.29. The van der Waals surface area contributed by atoms with Gasteiger partial charge in [-0.1, -0.05) is 11.6 Å². The number of halogens is 3. The zero-order valence-corrected chi connectivity index (χ0v) is 8.56. The fraction of sp³-hybridized carbons (Fsp3) is 0.444. The van der Waals surface area contributed by atoms with E-state index >= 15 is 0 Å². The van der Waals surface area contributed by atoms with Gasteiger partial charge in [0, 0.05) is 18.9 Å². The average molecular weight is 234 g/mol. The van der Waals surface area contributed by atoms with Gasteiger partial charge in [-0.15, -0.1) is 0 Å². The molecular weight excluding hydrogens is 224 g/mol. The van der Waals surface area contributed by atoms with Crippen LogP contribution in [0.25, 0.3) is 0 Å². The molecule has 3 nitrogen and oxygen atoms in total. The van der Waals surface area contributed by atoms with Gasteiger partial charge in [0.05, 0.1) is 5.69 Å². The summed E-state index contributed by atoms with van der Waals surface area (Å²) in [6, 6.07) is 2.87. The number of rotatable bonds is 2. The number of nitrogens with one attached hydrogen (secondary N) is 1. The minimum atomic E-state index is -2.55. The highest BCUT2D eigenvalue weighted by Crippen LogP contribution is 2.39. The molecule has 1 saturated carbocycles. The summed E-state index contributed by atoms with van der Waals surface area (Å²) >= 11 is 5.66. The van der Waals surface area contributed by atoms with Gasteiger partial charge in [0.25, 0.3) is 5.92 Å². The van der Waals surface area contributed by atoms with Crippen molar-refractivity contribution in [2.24, 2.45) is 0 Å².